The van der Waals surface area contributed by atoms with E-state index >= 15 is 0 Å². The van der Waals surface area contributed by atoms with Gasteiger partial charge >= 0.3 is 0 Å². The average molecular weight is 395 g/mol. The first-order valence-corrected chi connectivity index (χ1v) is 9.53. The van der Waals surface area contributed by atoms with Gasteiger partial charge in [-0.25, -0.2) is 0 Å². The molecule has 0 saturated carbocycles. The van der Waals surface area contributed by atoms with Gasteiger partial charge in [0.15, 0.2) is 0 Å². The molecule has 1 aliphatic rings. The van der Waals surface area contributed by atoms with E-state index in [4.69, 9.17) is 9.47 Å². The van der Waals surface area contributed by atoms with Crippen molar-refractivity contribution in [2.75, 3.05) is 20.3 Å². The third-order valence-corrected chi connectivity index (χ3v) is 4.69. The Balaban J connectivity index is 2.05. The zero-order valence-electron chi connectivity index (χ0n) is 16.8. The van der Waals surface area contributed by atoms with E-state index in [0.717, 1.165) is 5.56 Å². The van der Waals surface area contributed by atoms with E-state index in [1.165, 1.54) is 12.0 Å². The molecule has 0 spiro atoms. The SMILES string of the molecule is COCCN1C(=O)C(=O)/C(=C(/O)c2ccc(OC(C)C)cc2)C1c1ccccc1. The third-order valence-electron chi connectivity index (χ3n) is 4.69. The van der Waals surface area contributed by atoms with Crippen molar-refractivity contribution in [3.8, 4) is 5.75 Å². The molecular weight excluding hydrogens is 370 g/mol. The van der Waals surface area contributed by atoms with Gasteiger partial charge in [0.1, 0.15) is 11.5 Å². The van der Waals surface area contributed by atoms with E-state index in [1.54, 1.807) is 24.3 Å². The molecule has 2 aromatic carbocycles. The van der Waals surface area contributed by atoms with Crippen LogP contribution in [0.1, 0.15) is 31.0 Å². The second-order valence-electron chi connectivity index (χ2n) is 7.09. The van der Waals surface area contributed by atoms with E-state index in [2.05, 4.69) is 0 Å². The Hall–Kier alpha value is -3.12. The summed E-state index contributed by atoms with van der Waals surface area (Å²) in [7, 11) is 1.54. The number of benzene rings is 2. The van der Waals surface area contributed by atoms with E-state index in [9.17, 15) is 14.7 Å². The van der Waals surface area contributed by atoms with Gasteiger partial charge in [0.25, 0.3) is 11.7 Å². The molecule has 1 amide bonds. The molecule has 0 aliphatic carbocycles. The molecule has 1 atom stereocenters. The molecule has 3 rings (SSSR count). The molecule has 1 unspecified atom stereocenters. The van der Waals surface area contributed by atoms with Crippen LogP contribution in [0.4, 0.5) is 0 Å². The Bertz CT molecular complexity index is 903. The highest BCUT2D eigenvalue weighted by Gasteiger charge is 2.45. The van der Waals surface area contributed by atoms with Gasteiger partial charge in [-0.1, -0.05) is 30.3 Å². The number of carbonyl (C=O) groups is 2. The molecule has 0 bridgehead atoms. The van der Waals surface area contributed by atoms with E-state index in [1.807, 2.05) is 44.2 Å². The summed E-state index contributed by atoms with van der Waals surface area (Å²) in [5.41, 5.74) is 1.28. The maximum Gasteiger partial charge on any atom is 0.295 e. The molecule has 6 nitrogen and oxygen atoms in total. The Morgan fingerprint density at radius 3 is 2.31 bits per heavy atom. The van der Waals surface area contributed by atoms with Crippen molar-refractivity contribution in [1.82, 2.24) is 4.90 Å². The molecule has 6 heteroatoms. The monoisotopic (exact) mass is 395 g/mol. The van der Waals surface area contributed by atoms with Crippen LogP contribution in [0.5, 0.6) is 5.75 Å². The lowest BCUT2D eigenvalue weighted by Crippen LogP contribution is -2.32. The number of aliphatic hydroxyl groups is 1. The van der Waals surface area contributed by atoms with Crippen LogP contribution in [0.25, 0.3) is 5.76 Å². The van der Waals surface area contributed by atoms with Crippen molar-refractivity contribution in [2.24, 2.45) is 0 Å². The quantitative estimate of drug-likeness (QED) is 0.441. The number of aliphatic hydroxyl groups excluding tert-OH is 1. The molecule has 0 radical (unpaired) electrons. The highest BCUT2D eigenvalue weighted by Crippen LogP contribution is 2.39. The lowest BCUT2D eigenvalue weighted by molar-refractivity contribution is -0.140. The number of hydrogen-bond acceptors (Lipinski definition) is 5. The van der Waals surface area contributed by atoms with Gasteiger partial charge in [-0.05, 0) is 43.7 Å². The first kappa shape index (κ1) is 20.6. The Labute approximate surface area is 170 Å². The summed E-state index contributed by atoms with van der Waals surface area (Å²) in [6, 6.07) is 15.4. The van der Waals surface area contributed by atoms with Gasteiger partial charge in [-0.3, -0.25) is 9.59 Å². The molecule has 1 saturated heterocycles. The smallest absolute Gasteiger partial charge is 0.295 e. The summed E-state index contributed by atoms with van der Waals surface area (Å²) in [6.45, 7) is 4.39. The molecule has 1 fully saturated rings. The lowest BCUT2D eigenvalue weighted by atomic mass is 9.95. The number of Topliss-reactive ketones (excluding diaryl/α,β-unsaturated/α-hetero) is 1. The summed E-state index contributed by atoms with van der Waals surface area (Å²) in [6.07, 6.45) is 0.0265. The first-order chi connectivity index (χ1) is 13.9. The van der Waals surface area contributed by atoms with Gasteiger partial charge in [0.05, 0.1) is 24.3 Å². The molecule has 0 aromatic heterocycles. The van der Waals surface area contributed by atoms with E-state index in [0.29, 0.717) is 11.3 Å². The zero-order valence-corrected chi connectivity index (χ0v) is 16.8. The number of rotatable bonds is 7. The average Bonchev–Trinajstić information content (AvgIpc) is 2.97. The van der Waals surface area contributed by atoms with Crippen LogP contribution in [0, 0.1) is 0 Å². The van der Waals surface area contributed by atoms with Gasteiger partial charge in [0.2, 0.25) is 0 Å². The number of amides is 1. The summed E-state index contributed by atoms with van der Waals surface area (Å²) >= 11 is 0. The largest absolute Gasteiger partial charge is 0.507 e. The van der Waals surface area contributed by atoms with Crippen molar-refractivity contribution in [2.45, 2.75) is 26.0 Å². The predicted octanol–water partition coefficient (Wildman–Crippen LogP) is 3.54. The van der Waals surface area contributed by atoms with Crippen molar-refractivity contribution < 1.29 is 24.2 Å². The summed E-state index contributed by atoms with van der Waals surface area (Å²) < 4.78 is 10.7. The van der Waals surface area contributed by atoms with Crippen molar-refractivity contribution in [3.05, 3.63) is 71.3 Å². The second-order valence-corrected chi connectivity index (χ2v) is 7.09. The van der Waals surface area contributed by atoms with Crippen molar-refractivity contribution in [3.63, 3.8) is 0 Å². The van der Waals surface area contributed by atoms with Crippen LogP contribution in [0.15, 0.2) is 60.2 Å². The van der Waals surface area contributed by atoms with E-state index < -0.39 is 17.7 Å². The zero-order chi connectivity index (χ0) is 21.0. The highest BCUT2D eigenvalue weighted by molar-refractivity contribution is 6.46. The summed E-state index contributed by atoms with van der Waals surface area (Å²) in [5, 5.41) is 11.0. The minimum Gasteiger partial charge on any atom is -0.507 e. The van der Waals surface area contributed by atoms with Crippen LogP contribution in [0.2, 0.25) is 0 Å². The molecule has 1 aliphatic heterocycles. The van der Waals surface area contributed by atoms with Crippen LogP contribution in [-0.2, 0) is 14.3 Å². The van der Waals surface area contributed by atoms with Gasteiger partial charge in [0, 0.05) is 19.2 Å². The topological polar surface area (TPSA) is 76.1 Å². The van der Waals surface area contributed by atoms with Crippen molar-refractivity contribution in [1.29, 1.82) is 0 Å². The molecule has 29 heavy (non-hydrogen) atoms. The van der Waals surface area contributed by atoms with Crippen molar-refractivity contribution >= 4 is 17.4 Å². The molecule has 1 heterocycles. The number of methoxy groups -OCH3 is 1. The number of ketones is 1. The lowest BCUT2D eigenvalue weighted by Gasteiger charge is -2.25. The number of nitrogens with zero attached hydrogens (tertiary/aromatic N) is 1. The van der Waals surface area contributed by atoms with Gasteiger partial charge in [-0.15, -0.1) is 0 Å². The standard InChI is InChI=1S/C23H25NO5/c1-15(2)29-18-11-9-17(10-12-18)21(25)19-20(16-7-5-4-6-8-16)24(13-14-28-3)23(27)22(19)26/h4-12,15,20,25H,13-14H2,1-3H3/b21-19+. The molecule has 152 valence electrons. The Morgan fingerprint density at radius 2 is 1.72 bits per heavy atom. The second kappa shape index (κ2) is 8.92. The minimum absolute atomic E-state index is 0.0265. The normalized spacial score (nSPS) is 18.5. The van der Waals surface area contributed by atoms with Crippen LogP contribution >= 0.6 is 0 Å². The maximum atomic E-state index is 12.8. The Morgan fingerprint density at radius 1 is 1.07 bits per heavy atom. The minimum atomic E-state index is -0.699. The molecule has 1 N–H and O–H groups in total. The number of carbonyl (C=O) groups excluding carboxylic acids is 2. The van der Waals surface area contributed by atoms with Gasteiger partial charge < -0.3 is 19.5 Å². The maximum absolute atomic E-state index is 12.8. The fourth-order valence-electron chi connectivity index (χ4n) is 3.40. The van der Waals surface area contributed by atoms with Crippen LogP contribution < -0.4 is 4.74 Å². The third kappa shape index (κ3) is 4.32. The van der Waals surface area contributed by atoms with E-state index in [-0.39, 0.29) is 30.6 Å². The summed E-state index contributed by atoms with van der Waals surface area (Å²) in [4.78, 5) is 26.9. The molecule has 2 aromatic rings. The van der Waals surface area contributed by atoms with Crippen LogP contribution in [0.3, 0.4) is 0 Å². The van der Waals surface area contributed by atoms with Gasteiger partial charge in [-0.2, -0.15) is 0 Å². The molecular formula is C23H25NO5. The fraction of sp³-hybridized carbons (Fsp3) is 0.304. The highest BCUT2D eigenvalue weighted by atomic mass is 16.5. The first-order valence-electron chi connectivity index (χ1n) is 9.53. The number of hydrogen-bond donors (Lipinski definition) is 1. The number of ether oxygens (including phenoxy) is 2. The predicted molar refractivity (Wildman–Crippen MR) is 110 cm³/mol. The van der Waals surface area contributed by atoms with Crippen LogP contribution in [-0.4, -0.2) is 48.1 Å². The number of likely N-dealkylation sites (tertiary alicyclic amines) is 1. The fourth-order valence-corrected chi connectivity index (χ4v) is 3.40. The Kier molecular flexibility index (Phi) is 6.34. The summed E-state index contributed by atoms with van der Waals surface area (Å²) in [5.74, 6) is -0.878.